The van der Waals surface area contributed by atoms with E-state index in [-0.39, 0.29) is 18.2 Å². The van der Waals surface area contributed by atoms with Crippen molar-refractivity contribution >= 4 is 40.8 Å². The van der Waals surface area contributed by atoms with Crippen LogP contribution in [0.1, 0.15) is 5.56 Å². The molecule has 1 fully saturated rings. The molecule has 102 valence electrons. The fourth-order valence-electron chi connectivity index (χ4n) is 1.77. The lowest BCUT2D eigenvalue weighted by Gasteiger charge is -2.30. The van der Waals surface area contributed by atoms with Gasteiger partial charge in [0.05, 0.1) is 5.56 Å². The summed E-state index contributed by atoms with van der Waals surface area (Å²) in [7, 11) is 0. The summed E-state index contributed by atoms with van der Waals surface area (Å²) in [5.74, 6) is 0.0411. The second-order valence-corrected chi connectivity index (χ2v) is 5.01. The Balaban J connectivity index is 0.00000162. The molecular weight excluding hydrogens is 381 g/mol. The van der Waals surface area contributed by atoms with E-state index in [0.29, 0.717) is 29.7 Å². The first kappa shape index (κ1) is 15.8. The van der Waals surface area contributed by atoms with Crippen molar-refractivity contribution in [3.8, 4) is 0 Å². The van der Waals surface area contributed by atoms with E-state index in [1.165, 1.54) is 6.20 Å². The largest absolute Gasteiger partial charge is 0.419 e. The van der Waals surface area contributed by atoms with E-state index < -0.39 is 11.7 Å². The van der Waals surface area contributed by atoms with Gasteiger partial charge in [0.1, 0.15) is 5.82 Å². The number of anilines is 1. The smallest absolute Gasteiger partial charge is 0.354 e. The van der Waals surface area contributed by atoms with Crippen LogP contribution in [0.3, 0.4) is 0 Å². The molecule has 0 saturated carbocycles. The SMILES string of the molecule is Cl.FC(F)(F)c1cc(I)cnc1N1CCNCC1. The summed E-state index contributed by atoms with van der Waals surface area (Å²) < 4.78 is 39.2. The Morgan fingerprint density at radius 1 is 1.28 bits per heavy atom. The minimum absolute atomic E-state index is 0. The van der Waals surface area contributed by atoms with Gasteiger partial charge in [-0.25, -0.2) is 4.98 Å². The molecule has 0 radical (unpaired) electrons. The summed E-state index contributed by atoms with van der Waals surface area (Å²) in [5.41, 5.74) is -0.647. The molecule has 0 unspecified atom stereocenters. The summed E-state index contributed by atoms with van der Waals surface area (Å²) in [5, 5.41) is 3.10. The second kappa shape index (κ2) is 6.25. The standard InChI is InChI=1S/C10H11F3IN3.ClH/c11-10(12,13)8-5-7(14)6-16-9(8)17-3-1-15-2-4-17;/h5-6,15H,1-4H2;1H. The number of nitrogens with one attached hydrogen (secondary N) is 1. The van der Waals surface area contributed by atoms with Crippen LogP contribution in [-0.4, -0.2) is 31.2 Å². The van der Waals surface area contributed by atoms with Crippen LogP contribution < -0.4 is 10.2 Å². The fraction of sp³-hybridized carbons (Fsp3) is 0.500. The van der Waals surface area contributed by atoms with Gasteiger partial charge in [-0.05, 0) is 28.7 Å². The maximum absolute atomic E-state index is 12.9. The van der Waals surface area contributed by atoms with Gasteiger partial charge in [0.2, 0.25) is 0 Å². The Bertz CT molecular complexity index is 408. The van der Waals surface area contributed by atoms with Gasteiger partial charge in [-0.3, -0.25) is 0 Å². The highest BCUT2D eigenvalue weighted by Crippen LogP contribution is 2.36. The number of nitrogens with zero attached hydrogens (tertiary/aromatic N) is 2. The third-order valence-electron chi connectivity index (χ3n) is 2.56. The van der Waals surface area contributed by atoms with Crippen LogP contribution in [0.2, 0.25) is 0 Å². The van der Waals surface area contributed by atoms with E-state index in [0.717, 1.165) is 6.07 Å². The van der Waals surface area contributed by atoms with Gasteiger partial charge in [0.15, 0.2) is 0 Å². The molecule has 1 aliphatic heterocycles. The zero-order chi connectivity index (χ0) is 12.5. The average molecular weight is 394 g/mol. The van der Waals surface area contributed by atoms with Gasteiger partial charge >= 0.3 is 6.18 Å². The van der Waals surface area contributed by atoms with Gasteiger partial charge in [-0.2, -0.15) is 13.2 Å². The number of aromatic nitrogens is 1. The van der Waals surface area contributed by atoms with E-state index in [1.807, 2.05) is 22.6 Å². The zero-order valence-electron chi connectivity index (χ0n) is 9.30. The summed E-state index contributed by atoms with van der Waals surface area (Å²) >= 11 is 1.84. The number of pyridine rings is 1. The van der Waals surface area contributed by atoms with Crippen molar-refractivity contribution in [1.29, 1.82) is 0 Å². The molecule has 2 rings (SSSR count). The van der Waals surface area contributed by atoms with Gasteiger partial charge in [0.25, 0.3) is 0 Å². The molecule has 1 saturated heterocycles. The van der Waals surface area contributed by atoms with Crippen molar-refractivity contribution in [3.63, 3.8) is 0 Å². The van der Waals surface area contributed by atoms with Crippen LogP contribution in [-0.2, 0) is 6.18 Å². The first-order valence-corrected chi connectivity index (χ1v) is 6.25. The summed E-state index contributed by atoms with van der Waals surface area (Å²) in [6, 6.07) is 1.14. The van der Waals surface area contributed by atoms with E-state index in [1.54, 1.807) is 4.90 Å². The van der Waals surface area contributed by atoms with Gasteiger partial charge in [-0.15, -0.1) is 12.4 Å². The zero-order valence-corrected chi connectivity index (χ0v) is 12.3. The Labute approximate surface area is 123 Å². The molecular formula is C10H12ClF3IN3. The van der Waals surface area contributed by atoms with Crippen molar-refractivity contribution in [2.45, 2.75) is 6.18 Å². The molecule has 0 amide bonds. The molecule has 0 atom stereocenters. The van der Waals surface area contributed by atoms with Crippen LogP contribution in [0.4, 0.5) is 19.0 Å². The molecule has 1 aliphatic rings. The van der Waals surface area contributed by atoms with Crippen molar-refractivity contribution in [1.82, 2.24) is 10.3 Å². The summed E-state index contributed by atoms with van der Waals surface area (Å²) in [6.45, 7) is 2.48. The summed E-state index contributed by atoms with van der Waals surface area (Å²) in [6.07, 6.45) is -2.89. The number of piperazine rings is 1. The predicted octanol–water partition coefficient (Wildman–Crippen LogP) is 2.54. The first-order chi connectivity index (χ1) is 7.98. The molecule has 1 aromatic rings. The van der Waals surface area contributed by atoms with Crippen LogP contribution in [0.5, 0.6) is 0 Å². The van der Waals surface area contributed by atoms with E-state index >= 15 is 0 Å². The lowest BCUT2D eigenvalue weighted by molar-refractivity contribution is -0.137. The highest BCUT2D eigenvalue weighted by Gasteiger charge is 2.36. The fourth-order valence-corrected chi connectivity index (χ4v) is 2.22. The third kappa shape index (κ3) is 3.61. The second-order valence-electron chi connectivity index (χ2n) is 3.76. The molecule has 0 bridgehead atoms. The Kier molecular flexibility index (Phi) is 5.47. The Hall–Kier alpha value is -0.280. The first-order valence-electron chi connectivity index (χ1n) is 5.17. The number of rotatable bonds is 1. The predicted molar refractivity (Wildman–Crippen MR) is 74.3 cm³/mol. The minimum atomic E-state index is -4.35. The number of hydrogen-bond donors (Lipinski definition) is 1. The highest BCUT2D eigenvalue weighted by molar-refractivity contribution is 14.1. The molecule has 0 aromatic carbocycles. The van der Waals surface area contributed by atoms with Gasteiger partial charge in [-0.1, -0.05) is 0 Å². The third-order valence-corrected chi connectivity index (χ3v) is 3.15. The van der Waals surface area contributed by atoms with Crippen LogP contribution >= 0.6 is 35.0 Å². The number of halogens is 5. The monoisotopic (exact) mass is 393 g/mol. The maximum atomic E-state index is 12.9. The quantitative estimate of drug-likeness (QED) is 0.744. The van der Waals surface area contributed by atoms with Gasteiger partial charge in [0, 0.05) is 35.9 Å². The van der Waals surface area contributed by atoms with Crippen molar-refractivity contribution < 1.29 is 13.2 Å². The van der Waals surface area contributed by atoms with E-state index in [2.05, 4.69) is 10.3 Å². The molecule has 8 heteroatoms. The Morgan fingerprint density at radius 2 is 1.89 bits per heavy atom. The van der Waals surface area contributed by atoms with E-state index in [4.69, 9.17) is 0 Å². The summed E-state index contributed by atoms with van der Waals surface area (Å²) in [4.78, 5) is 5.62. The molecule has 1 aromatic heterocycles. The van der Waals surface area contributed by atoms with Crippen LogP contribution in [0.25, 0.3) is 0 Å². The minimum Gasteiger partial charge on any atom is -0.354 e. The van der Waals surface area contributed by atoms with Crippen LogP contribution in [0, 0.1) is 3.57 Å². The van der Waals surface area contributed by atoms with Crippen molar-refractivity contribution in [2.75, 3.05) is 31.1 Å². The number of alkyl halides is 3. The van der Waals surface area contributed by atoms with Crippen molar-refractivity contribution in [3.05, 3.63) is 21.4 Å². The molecule has 18 heavy (non-hydrogen) atoms. The lowest BCUT2D eigenvalue weighted by atomic mass is 10.2. The highest BCUT2D eigenvalue weighted by atomic mass is 127. The molecule has 0 aliphatic carbocycles. The van der Waals surface area contributed by atoms with Crippen molar-refractivity contribution in [2.24, 2.45) is 0 Å². The average Bonchev–Trinajstić information content (AvgIpc) is 2.29. The van der Waals surface area contributed by atoms with E-state index in [9.17, 15) is 13.2 Å². The topological polar surface area (TPSA) is 28.2 Å². The molecule has 3 nitrogen and oxygen atoms in total. The normalized spacial score (nSPS) is 16.3. The Morgan fingerprint density at radius 3 is 2.44 bits per heavy atom. The molecule has 2 heterocycles. The van der Waals surface area contributed by atoms with Crippen LogP contribution in [0.15, 0.2) is 12.3 Å². The lowest BCUT2D eigenvalue weighted by Crippen LogP contribution is -2.44. The number of hydrogen-bond acceptors (Lipinski definition) is 3. The molecule has 0 spiro atoms. The molecule has 1 N–H and O–H groups in total. The maximum Gasteiger partial charge on any atom is 0.419 e. The van der Waals surface area contributed by atoms with Gasteiger partial charge < -0.3 is 10.2 Å².